The SMILES string of the molecule is Clc1ccc2c(c1)C(c1ccccc1)=CCc1n[nH]nc1-2. The maximum Gasteiger partial charge on any atom is 0.116 e. The molecule has 0 bridgehead atoms. The van der Waals surface area contributed by atoms with E-state index in [1.54, 1.807) is 0 Å². The number of fused-ring (bicyclic) bond motifs is 3. The molecule has 3 nitrogen and oxygen atoms in total. The normalized spacial score (nSPS) is 13.1. The molecule has 1 aliphatic rings. The second-order valence-corrected chi connectivity index (χ2v) is 5.43. The molecule has 0 saturated carbocycles. The molecule has 0 amide bonds. The monoisotopic (exact) mass is 293 g/mol. The van der Waals surface area contributed by atoms with Gasteiger partial charge in [0.1, 0.15) is 5.69 Å². The third-order valence-electron chi connectivity index (χ3n) is 3.73. The standard InChI is InChI=1S/C17H12ClN3/c18-12-6-7-14-15(10-12)13(11-4-2-1-3-5-11)8-9-16-17(14)20-21-19-16/h1-8,10H,9H2,(H,19,20,21). The number of rotatable bonds is 1. The van der Waals surface area contributed by atoms with Crippen LogP contribution in [0.4, 0.5) is 0 Å². The van der Waals surface area contributed by atoms with Crippen LogP contribution in [0.2, 0.25) is 5.02 Å². The van der Waals surface area contributed by atoms with Crippen molar-refractivity contribution >= 4 is 17.2 Å². The molecule has 0 atom stereocenters. The minimum Gasteiger partial charge on any atom is -0.197 e. The summed E-state index contributed by atoms with van der Waals surface area (Å²) in [7, 11) is 0. The first-order valence-corrected chi connectivity index (χ1v) is 7.16. The fourth-order valence-electron chi connectivity index (χ4n) is 2.76. The summed E-state index contributed by atoms with van der Waals surface area (Å²) >= 11 is 6.21. The third kappa shape index (κ3) is 2.06. The van der Waals surface area contributed by atoms with Gasteiger partial charge in [-0.1, -0.05) is 54.1 Å². The number of aromatic nitrogens is 3. The lowest BCUT2D eigenvalue weighted by atomic mass is 9.94. The quantitative estimate of drug-likeness (QED) is 0.733. The van der Waals surface area contributed by atoms with Gasteiger partial charge in [-0.2, -0.15) is 15.4 Å². The molecule has 0 aliphatic heterocycles. The van der Waals surface area contributed by atoms with E-state index in [0.717, 1.165) is 34.0 Å². The minimum absolute atomic E-state index is 0.725. The molecular formula is C17H12ClN3. The van der Waals surface area contributed by atoms with E-state index in [2.05, 4.69) is 33.6 Å². The van der Waals surface area contributed by atoms with Crippen LogP contribution in [0.25, 0.3) is 16.8 Å². The van der Waals surface area contributed by atoms with Crippen molar-refractivity contribution in [3.05, 3.63) is 76.5 Å². The highest BCUT2D eigenvalue weighted by Gasteiger charge is 2.20. The number of aromatic amines is 1. The van der Waals surface area contributed by atoms with Gasteiger partial charge in [0.2, 0.25) is 0 Å². The van der Waals surface area contributed by atoms with Gasteiger partial charge >= 0.3 is 0 Å². The third-order valence-corrected chi connectivity index (χ3v) is 3.97. The molecule has 1 N–H and O–H groups in total. The smallest absolute Gasteiger partial charge is 0.116 e. The number of allylic oxidation sites excluding steroid dienone is 1. The maximum absolute atomic E-state index is 6.21. The van der Waals surface area contributed by atoms with E-state index >= 15 is 0 Å². The lowest BCUT2D eigenvalue weighted by Gasteiger charge is -2.11. The Morgan fingerprint density at radius 3 is 2.67 bits per heavy atom. The van der Waals surface area contributed by atoms with Crippen LogP contribution in [0.5, 0.6) is 0 Å². The van der Waals surface area contributed by atoms with E-state index < -0.39 is 0 Å². The van der Waals surface area contributed by atoms with Gasteiger partial charge in [-0.25, -0.2) is 0 Å². The topological polar surface area (TPSA) is 41.6 Å². The van der Waals surface area contributed by atoms with Crippen molar-refractivity contribution in [1.82, 2.24) is 15.4 Å². The Morgan fingerprint density at radius 2 is 1.81 bits per heavy atom. The highest BCUT2D eigenvalue weighted by atomic mass is 35.5. The molecule has 4 heteroatoms. The zero-order valence-corrected chi connectivity index (χ0v) is 11.9. The van der Waals surface area contributed by atoms with E-state index in [1.165, 1.54) is 11.1 Å². The van der Waals surface area contributed by atoms with Gasteiger partial charge in [-0.05, 0) is 28.8 Å². The minimum atomic E-state index is 0.725. The molecule has 0 unspecified atom stereocenters. The maximum atomic E-state index is 6.21. The number of hydrogen-bond acceptors (Lipinski definition) is 2. The summed E-state index contributed by atoms with van der Waals surface area (Å²) in [5, 5.41) is 12.0. The van der Waals surface area contributed by atoms with E-state index in [4.69, 9.17) is 11.6 Å². The molecule has 0 saturated heterocycles. The highest BCUT2D eigenvalue weighted by Crippen LogP contribution is 2.37. The van der Waals surface area contributed by atoms with E-state index in [0.29, 0.717) is 0 Å². The van der Waals surface area contributed by atoms with Gasteiger partial charge in [-0.15, -0.1) is 0 Å². The summed E-state index contributed by atoms with van der Waals surface area (Å²) in [5.41, 5.74) is 6.38. The average Bonchev–Trinajstić information content (AvgIpc) is 2.92. The lowest BCUT2D eigenvalue weighted by molar-refractivity contribution is 0.919. The van der Waals surface area contributed by atoms with Crippen LogP contribution >= 0.6 is 11.6 Å². The second kappa shape index (κ2) is 4.86. The molecule has 3 aromatic rings. The Hall–Kier alpha value is -2.39. The summed E-state index contributed by atoms with van der Waals surface area (Å²) in [6.07, 6.45) is 2.95. The van der Waals surface area contributed by atoms with Crippen LogP contribution in [0, 0.1) is 0 Å². The number of nitrogens with one attached hydrogen (secondary N) is 1. The average molecular weight is 294 g/mol. The molecule has 0 fully saturated rings. The molecule has 1 aliphatic carbocycles. The van der Waals surface area contributed by atoms with Crippen LogP contribution in [0.15, 0.2) is 54.6 Å². The van der Waals surface area contributed by atoms with E-state index in [-0.39, 0.29) is 0 Å². The molecule has 1 aromatic heterocycles. The van der Waals surface area contributed by atoms with Gasteiger partial charge < -0.3 is 0 Å². The summed E-state index contributed by atoms with van der Waals surface area (Å²) in [5.74, 6) is 0. The first-order chi connectivity index (χ1) is 10.3. The fourth-order valence-corrected chi connectivity index (χ4v) is 2.93. The van der Waals surface area contributed by atoms with E-state index in [9.17, 15) is 0 Å². The number of halogens is 1. The van der Waals surface area contributed by atoms with Crippen LogP contribution < -0.4 is 0 Å². The van der Waals surface area contributed by atoms with Crippen molar-refractivity contribution in [3.8, 4) is 11.3 Å². The Balaban J connectivity index is 2.00. The van der Waals surface area contributed by atoms with Crippen LogP contribution in [0.3, 0.4) is 0 Å². The number of nitrogens with zero attached hydrogens (tertiary/aromatic N) is 2. The largest absolute Gasteiger partial charge is 0.197 e. The molecule has 0 radical (unpaired) electrons. The zero-order chi connectivity index (χ0) is 14.2. The molecule has 4 rings (SSSR count). The highest BCUT2D eigenvalue weighted by molar-refractivity contribution is 6.31. The molecule has 102 valence electrons. The molecule has 2 aromatic carbocycles. The van der Waals surface area contributed by atoms with Crippen LogP contribution in [-0.2, 0) is 6.42 Å². The van der Waals surface area contributed by atoms with Gasteiger partial charge in [0.05, 0.1) is 5.69 Å². The number of benzene rings is 2. The predicted octanol–water partition coefficient (Wildman–Crippen LogP) is 4.11. The number of H-pyrrole nitrogens is 1. The summed E-state index contributed by atoms with van der Waals surface area (Å²) in [6, 6.07) is 16.2. The summed E-state index contributed by atoms with van der Waals surface area (Å²) < 4.78 is 0. The number of hydrogen-bond donors (Lipinski definition) is 1. The molecular weight excluding hydrogens is 282 g/mol. The van der Waals surface area contributed by atoms with Crippen molar-refractivity contribution in [2.45, 2.75) is 6.42 Å². The van der Waals surface area contributed by atoms with Crippen molar-refractivity contribution in [2.24, 2.45) is 0 Å². The first-order valence-electron chi connectivity index (χ1n) is 6.78. The van der Waals surface area contributed by atoms with Crippen molar-refractivity contribution in [2.75, 3.05) is 0 Å². The van der Waals surface area contributed by atoms with Gasteiger partial charge in [0.25, 0.3) is 0 Å². The van der Waals surface area contributed by atoms with Gasteiger partial charge in [0, 0.05) is 17.0 Å². The van der Waals surface area contributed by atoms with Crippen LogP contribution in [0.1, 0.15) is 16.8 Å². The fraction of sp³-hybridized carbons (Fsp3) is 0.0588. The second-order valence-electron chi connectivity index (χ2n) is 5.00. The Kier molecular flexibility index (Phi) is 2.86. The Labute approximate surface area is 127 Å². The Morgan fingerprint density at radius 1 is 0.952 bits per heavy atom. The molecule has 21 heavy (non-hydrogen) atoms. The predicted molar refractivity (Wildman–Crippen MR) is 84.1 cm³/mol. The summed E-state index contributed by atoms with van der Waals surface area (Å²) in [4.78, 5) is 0. The van der Waals surface area contributed by atoms with Crippen molar-refractivity contribution < 1.29 is 0 Å². The van der Waals surface area contributed by atoms with Gasteiger partial charge in [-0.3, -0.25) is 0 Å². The van der Waals surface area contributed by atoms with Gasteiger partial charge in [0.15, 0.2) is 0 Å². The molecule has 1 heterocycles. The van der Waals surface area contributed by atoms with Crippen molar-refractivity contribution in [3.63, 3.8) is 0 Å². The zero-order valence-electron chi connectivity index (χ0n) is 11.2. The van der Waals surface area contributed by atoms with Crippen molar-refractivity contribution in [1.29, 1.82) is 0 Å². The molecule has 0 spiro atoms. The summed E-state index contributed by atoms with van der Waals surface area (Å²) in [6.45, 7) is 0. The van der Waals surface area contributed by atoms with E-state index in [1.807, 2.05) is 36.4 Å². The first kappa shape index (κ1) is 12.4. The van der Waals surface area contributed by atoms with Crippen LogP contribution in [-0.4, -0.2) is 15.4 Å². The lowest BCUT2D eigenvalue weighted by Crippen LogP contribution is -1.91. The Bertz CT molecular complexity index is 834.